The van der Waals surface area contributed by atoms with Gasteiger partial charge in [-0.1, -0.05) is 33.8 Å². The summed E-state index contributed by atoms with van der Waals surface area (Å²) in [6.07, 6.45) is 0. The third-order valence-electron chi connectivity index (χ3n) is 2.99. The van der Waals surface area contributed by atoms with Crippen molar-refractivity contribution < 1.29 is 4.74 Å². The Bertz CT molecular complexity index is 581. The molecular weight excluding hydrogens is 336 g/mol. The highest BCUT2D eigenvalue weighted by Crippen LogP contribution is 2.19. The van der Waals surface area contributed by atoms with E-state index in [4.69, 9.17) is 4.74 Å². The second kappa shape index (κ2) is 7.09. The fourth-order valence-corrected chi connectivity index (χ4v) is 2.79. The van der Waals surface area contributed by atoms with Crippen LogP contribution in [-0.2, 0) is 0 Å². The van der Waals surface area contributed by atoms with Crippen molar-refractivity contribution in [1.82, 2.24) is 9.97 Å². The topological polar surface area (TPSA) is 35.0 Å². The van der Waals surface area contributed by atoms with Crippen LogP contribution in [0.1, 0.15) is 17.0 Å². The van der Waals surface area contributed by atoms with E-state index in [1.54, 1.807) is 11.8 Å². The standard InChI is InChI=1S/C15H17BrN2OS/c1-10-11(2)17-15(18-12(10)3)20-8-7-19-14-6-4-5-13(16)9-14/h4-6,9H,7-8H2,1-3H3. The number of ether oxygens (including phenoxy) is 1. The molecule has 0 aliphatic carbocycles. The molecule has 5 heteroatoms. The zero-order chi connectivity index (χ0) is 14.5. The fraction of sp³-hybridized carbons (Fsp3) is 0.333. The summed E-state index contributed by atoms with van der Waals surface area (Å²) in [5.74, 6) is 1.70. The molecule has 106 valence electrons. The summed E-state index contributed by atoms with van der Waals surface area (Å²) in [6, 6.07) is 7.85. The first-order valence-electron chi connectivity index (χ1n) is 6.39. The Morgan fingerprint density at radius 3 is 2.50 bits per heavy atom. The molecule has 0 atom stereocenters. The van der Waals surface area contributed by atoms with Crippen LogP contribution in [0.25, 0.3) is 0 Å². The smallest absolute Gasteiger partial charge is 0.188 e. The van der Waals surface area contributed by atoms with E-state index in [1.807, 2.05) is 38.1 Å². The second-order valence-electron chi connectivity index (χ2n) is 4.46. The van der Waals surface area contributed by atoms with Crippen LogP contribution >= 0.6 is 27.7 Å². The maximum Gasteiger partial charge on any atom is 0.188 e. The molecule has 0 unspecified atom stereocenters. The highest BCUT2D eigenvalue weighted by molar-refractivity contribution is 9.10. The number of benzene rings is 1. The molecule has 20 heavy (non-hydrogen) atoms. The van der Waals surface area contributed by atoms with Crippen molar-refractivity contribution in [3.05, 3.63) is 45.7 Å². The van der Waals surface area contributed by atoms with Crippen molar-refractivity contribution in [3.63, 3.8) is 0 Å². The molecule has 1 aromatic carbocycles. The summed E-state index contributed by atoms with van der Waals surface area (Å²) in [5.41, 5.74) is 3.26. The number of rotatable bonds is 5. The fourth-order valence-electron chi connectivity index (χ4n) is 1.66. The Balaban J connectivity index is 1.84. The van der Waals surface area contributed by atoms with Crippen molar-refractivity contribution in [1.29, 1.82) is 0 Å². The Hall–Kier alpha value is -1.07. The van der Waals surface area contributed by atoms with Crippen molar-refractivity contribution in [3.8, 4) is 5.75 Å². The average Bonchev–Trinajstić information content (AvgIpc) is 2.41. The Labute approximate surface area is 132 Å². The molecule has 0 spiro atoms. The van der Waals surface area contributed by atoms with Gasteiger partial charge in [0.25, 0.3) is 0 Å². The highest BCUT2D eigenvalue weighted by atomic mass is 79.9. The lowest BCUT2D eigenvalue weighted by molar-refractivity contribution is 0.343. The quantitative estimate of drug-likeness (QED) is 0.455. The van der Waals surface area contributed by atoms with Crippen LogP contribution in [-0.4, -0.2) is 22.3 Å². The number of aryl methyl sites for hydroxylation is 2. The molecule has 0 saturated carbocycles. The van der Waals surface area contributed by atoms with Crippen molar-refractivity contribution >= 4 is 27.7 Å². The van der Waals surface area contributed by atoms with Gasteiger partial charge in [0.1, 0.15) is 5.75 Å². The predicted octanol–water partition coefficient (Wildman–Crippen LogP) is 4.34. The number of halogens is 1. The number of nitrogens with zero attached hydrogens (tertiary/aromatic N) is 2. The van der Waals surface area contributed by atoms with Crippen LogP contribution in [0.15, 0.2) is 33.9 Å². The normalized spacial score (nSPS) is 10.6. The van der Waals surface area contributed by atoms with Gasteiger partial charge in [-0.15, -0.1) is 0 Å². The molecule has 0 saturated heterocycles. The molecule has 2 aromatic rings. The van der Waals surface area contributed by atoms with Gasteiger partial charge in [0.2, 0.25) is 0 Å². The van der Waals surface area contributed by atoms with Gasteiger partial charge in [0.15, 0.2) is 5.16 Å². The number of aromatic nitrogens is 2. The van der Waals surface area contributed by atoms with Gasteiger partial charge in [0, 0.05) is 21.6 Å². The minimum absolute atomic E-state index is 0.635. The monoisotopic (exact) mass is 352 g/mol. The lowest BCUT2D eigenvalue weighted by Gasteiger charge is -2.08. The maximum atomic E-state index is 5.69. The van der Waals surface area contributed by atoms with Gasteiger partial charge in [-0.05, 0) is 44.5 Å². The van der Waals surface area contributed by atoms with Crippen LogP contribution in [0.3, 0.4) is 0 Å². The van der Waals surface area contributed by atoms with Crippen LogP contribution in [0.5, 0.6) is 5.75 Å². The summed E-state index contributed by atoms with van der Waals surface area (Å²) < 4.78 is 6.71. The molecule has 0 amide bonds. The van der Waals surface area contributed by atoms with E-state index >= 15 is 0 Å². The number of thioether (sulfide) groups is 1. The maximum absolute atomic E-state index is 5.69. The third-order valence-corrected chi connectivity index (χ3v) is 4.30. The zero-order valence-corrected chi connectivity index (χ0v) is 14.2. The van der Waals surface area contributed by atoms with Gasteiger partial charge in [-0.3, -0.25) is 0 Å². The van der Waals surface area contributed by atoms with Crippen molar-refractivity contribution in [2.75, 3.05) is 12.4 Å². The summed E-state index contributed by atoms with van der Waals surface area (Å²) >= 11 is 5.05. The van der Waals surface area contributed by atoms with Crippen molar-refractivity contribution in [2.45, 2.75) is 25.9 Å². The summed E-state index contributed by atoms with van der Waals surface area (Å²) in [6.45, 7) is 6.73. The highest BCUT2D eigenvalue weighted by Gasteiger charge is 2.05. The summed E-state index contributed by atoms with van der Waals surface area (Å²) in [4.78, 5) is 8.96. The summed E-state index contributed by atoms with van der Waals surface area (Å²) in [7, 11) is 0. The van der Waals surface area contributed by atoms with Crippen LogP contribution in [0.4, 0.5) is 0 Å². The Morgan fingerprint density at radius 2 is 1.85 bits per heavy atom. The Kier molecular flexibility index (Phi) is 5.43. The first-order valence-corrected chi connectivity index (χ1v) is 8.17. The van der Waals surface area contributed by atoms with E-state index < -0.39 is 0 Å². The third kappa shape index (κ3) is 4.21. The minimum atomic E-state index is 0.635. The van der Waals surface area contributed by atoms with Gasteiger partial charge >= 0.3 is 0 Å². The number of hydrogen-bond acceptors (Lipinski definition) is 4. The lowest BCUT2D eigenvalue weighted by atomic mass is 10.2. The molecule has 3 nitrogen and oxygen atoms in total. The van der Waals surface area contributed by atoms with E-state index in [-0.39, 0.29) is 0 Å². The minimum Gasteiger partial charge on any atom is -0.493 e. The van der Waals surface area contributed by atoms with Crippen LogP contribution in [0.2, 0.25) is 0 Å². The molecule has 0 radical (unpaired) electrons. The largest absolute Gasteiger partial charge is 0.493 e. The van der Waals surface area contributed by atoms with Crippen LogP contribution in [0, 0.1) is 20.8 Å². The average molecular weight is 353 g/mol. The van der Waals surface area contributed by atoms with Crippen LogP contribution < -0.4 is 4.74 Å². The SMILES string of the molecule is Cc1nc(SCCOc2cccc(Br)c2)nc(C)c1C. The molecule has 1 heterocycles. The number of hydrogen-bond donors (Lipinski definition) is 0. The summed E-state index contributed by atoms with van der Waals surface area (Å²) in [5, 5.41) is 0.823. The first-order chi connectivity index (χ1) is 9.56. The van der Waals surface area contributed by atoms with Gasteiger partial charge in [-0.25, -0.2) is 9.97 Å². The first kappa shape index (κ1) is 15.3. The van der Waals surface area contributed by atoms with E-state index in [0.29, 0.717) is 6.61 Å². The molecule has 0 fully saturated rings. The molecule has 0 N–H and O–H groups in total. The molecule has 0 aliphatic heterocycles. The van der Waals surface area contributed by atoms with E-state index in [1.165, 1.54) is 5.56 Å². The Morgan fingerprint density at radius 1 is 1.15 bits per heavy atom. The van der Waals surface area contributed by atoms with E-state index in [0.717, 1.165) is 32.5 Å². The zero-order valence-electron chi connectivity index (χ0n) is 11.8. The molecule has 2 rings (SSSR count). The molecule has 0 bridgehead atoms. The van der Waals surface area contributed by atoms with Crippen molar-refractivity contribution in [2.24, 2.45) is 0 Å². The van der Waals surface area contributed by atoms with E-state index in [2.05, 4.69) is 32.8 Å². The van der Waals surface area contributed by atoms with E-state index in [9.17, 15) is 0 Å². The molecular formula is C15H17BrN2OS. The second-order valence-corrected chi connectivity index (χ2v) is 6.43. The van der Waals surface area contributed by atoms with Gasteiger partial charge in [0.05, 0.1) is 6.61 Å². The lowest BCUT2D eigenvalue weighted by Crippen LogP contribution is -2.03. The predicted molar refractivity (Wildman–Crippen MR) is 86.6 cm³/mol. The van der Waals surface area contributed by atoms with Gasteiger partial charge < -0.3 is 4.74 Å². The molecule has 0 aliphatic rings. The molecule has 1 aromatic heterocycles. The van der Waals surface area contributed by atoms with Gasteiger partial charge in [-0.2, -0.15) is 0 Å².